The van der Waals surface area contributed by atoms with Crippen molar-refractivity contribution in [3.8, 4) is 0 Å². The van der Waals surface area contributed by atoms with E-state index in [1.807, 2.05) is 0 Å². The van der Waals surface area contributed by atoms with Crippen LogP contribution in [0.4, 0.5) is 5.69 Å². The lowest BCUT2D eigenvalue weighted by atomic mass is 10.1. The second-order valence-electron chi connectivity index (χ2n) is 3.66. The van der Waals surface area contributed by atoms with Crippen molar-refractivity contribution in [3.63, 3.8) is 0 Å². The van der Waals surface area contributed by atoms with Gasteiger partial charge in [-0.15, -0.1) is 0 Å². The highest BCUT2D eigenvalue weighted by Crippen LogP contribution is 2.23. The summed E-state index contributed by atoms with van der Waals surface area (Å²) in [6.07, 6.45) is 0. The Kier molecular flexibility index (Phi) is 5.24. The van der Waals surface area contributed by atoms with Crippen molar-refractivity contribution >= 4 is 27.6 Å². The zero-order chi connectivity index (χ0) is 13.7. The summed E-state index contributed by atoms with van der Waals surface area (Å²) < 4.78 is 5.19. The normalized spacial score (nSPS) is 11.9. The molecule has 0 amide bonds. The SMILES string of the molecule is COC(=O)C(C)NCc1ccc(Br)cc1[N+](=O)[O-]. The average molecular weight is 317 g/mol. The zero-order valence-electron chi connectivity index (χ0n) is 9.97. The molecule has 0 aromatic heterocycles. The number of nitrogens with one attached hydrogen (secondary N) is 1. The summed E-state index contributed by atoms with van der Waals surface area (Å²) in [4.78, 5) is 21.6. The van der Waals surface area contributed by atoms with Gasteiger partial charge in [-0.3, -0.25) is 14.9 Å². The van der Waals surface area contributed by atoms with Crippen LogP contribution >= 0.6 is 15.9 Å². The molecule has 0 aliphatic rings. The molecule has 0 saturated carbocycles. The molecule has 7 heteroatoms. The fourth-order valence-electron chi connectivity index (χ4n) is 1.38. The van der Waals surface area contributed by atoms with E-state index in [2.05, 4.69) is 26.0 Å². The predicted molar refractivity (Wildman–Crippen MR) is 69.1 cm³/mol. The zero-order valence-corrected chi connectivity index (χ0v) is 11.6. The Morgan fingerprint density at radius 3 is 2.83 bits per heavy atom. The molecule has 18 heavy (non-hydrogen) atoms. The Morgan fingerprint density at radius 2 is 2.28 bits per heavy atom. The van der Waals surface area contributed by atoms with Gasteiger partial charge in [0.1, 0.15) is 6.04 Å². The molecule has 0 bridgehead atoms. The van der Waals surface area contributed by atoms with Crippen molar-refractivity contribution in [3.05, 3.63) is 38.3 Å². The molecule has 6 nitrogen and oxygen atoms in total. The van der Waals surface area contributed by atoms with E-state index in [4.69, 9.17) is 0 Å². The second-order valence-corrected chi connectivity index (χ2v) is 4.57. The Labute approximate surface area is 113 Å². The number of carbonyl (C=O) groups excluding carboxylic acids is 1. The number of hydrogen-bond acceptors (Lipinski definition) is 5. The third-order valence-corrected chi connectivity index (χ3v) is 2.89. The predicted octanol–water partition coefficient (Wildman–Crippen LogP) is 2.01. The molecule has 1 aromatic carbocycles. The minimum Gasteiger partial charge on any atom is -0.468 e. The Balaban J connectivity index is 2.79. The lowest BCUT2D eigenvalue weighted by molar-refractivity contribution is -0.385. The molecule has 1 N–H and O–H groups in total. The van der Waals surface area contributed by atoms with Gasteiger partial charge in [0.05, 0.1) is 12.0 Å². The molecule has 98 valence electrons. The van der Waals surface area contributed by atoms with E-state index in [-0.39, 0.29) is 12.2 Å². The summed E-state index contributed by atoms with van der Waals surface area (Å²) in [6, 6.07) is 4.27. The van der Waals surface area contributed by atoms with Crippen LogP contribution in [0.15, 0.2) is 22.7 Å². The first-order valence-electron chi connectivity index (χ1n) is 5.19. The fraction of sp³-hybridized carbons (Fsp3) is 0.364. The van der Waals surface area contributed by atoms with Gasteiger partial charge in [-0.05, 0) is 19.1 Å². The summed E-state index contributed by atoms with van der Waals surface area (Å²) in [5.41, 5.74) is 0.521. The summed E-state index contributed by atoms with van der Waals surface area (Å²) in [5.74, 6) is -0.408. The first-order chi connectivity index (χ1) is 8.45. The largest absolute Gasteiger partial charge is 0.468 e. The number of nitro benzene ring substituents is 1. The van der Waals surface area contributed by atoms with Crippen LogP contribution in [-0.2, 0) is 16.1 Å². The van der Waals surface area contributed by atoms with Crippen LogP contribution in [0.25, 0.3) is 0 Å². The Hall–Kier alpha value is -1.47. The molecule has 0 spiro atoms. The van der Waals surface area contributed by atoms with E-state index >= 15 is 0 Å². The molecule has 0 aliphatic heterocycles. The molecule has 0 heterocycles. The highest BCUT2D eigenvalue weighted by atomic mass is 79.9. The van der Waals surface area contributed by atoms with Gasteiger partial charge in [0.2, 0.25) is 0 Å². The number of hydrogen-bond donors (Lipinski definition) is 1. The maximum Gasteiger partial charge on any atom is 0.322 e. The number of rotatable bonds is 5. The van der Waals surface area contributed by atoms with Crippen molar-refractivity contribution in [2.24, 2.45) is 0 Å². The van der Waals surface area contributed by atoms with Crippen LogP contribution in [0.1, 0.15) is 12.5 Å². The molecule has 0 radical (unpaired) electrons. The summed E-state index contributed by atoms with van der Waals surface area (Å²) in [7, 11) is 1.29. The standard InChI is InChI=1S/C11H13BrN2O4/c1-7(11(15)18-2)13-6-8-3-4-9(12)5-10(8)14(16)17/h3-5,7,13H,6H2,1-2H3. The van der Waals surface area contributed by atoms with E-state index < -0.39 is 16.9 Å². The van der Waals surface area contributed by atoms with Crippen LogP contribution in [0.5, 0.6) is 0 Å². The van der Waals surface area contributed by atoms with Crippen molar-refractivity contribution in [1.82, 2.24) is 5.32 Å². The molecular formula is C11H13BrN2O4. The molecule has 1 unspecified atom stereocenters. The third-order valence-electron chi connectivity index (χ3n) is 2.40. The van der Waals surface area contributed by atoms with Crippen LogP contribution in [0.2, 0.25) is 0 Å². The molecule has 0 saturated heterocycles. The summed E-state index contributed by atoms with van der Waals surface area (Å²) >= 11 is 3.18. The topological polar surface area (TPSA) is 81.5 Å². The number of benzene rings is 1. The van der Waals surface area contributed by atoms with E-state index in [0.717, 1.165) is 0 Å². The molecule has 1 rings (SSSR count). The lowest BCUT2D eigenvalue weighted by Crippen LogP contribution is -2.34. The van der Waals surface area contributed by atoms with Crippen molar-refractivity contribution in [1.29, 1.82) is 0 Å². The van der Waals surface area contributed by atoms with E-state index in [9.17, 15) is 14.9 Å². The molecular weight excluding hydrogens is 304 g/mol. The van der Waals surface area contributed by atoms with Crippen LogP contribution in [-0.4, -0.2) is 24.0 Å². The molecule has 0 fully saturated rings. The van der Waals surface area contributed by atoms with Crippen LogP contribution in [0, 0.1) is 10.1 Å². The van der Waals surface area contributed by atoms with Gasteiger partial charge >= 0.3 is 5.97 Å². The van der Waals surface area contributed by atoms with Gasteiger partial charge in [-0.1, -0.05) is 15.9 Å². The third kappa shape index (κ3) is 3.78. The lowest BCUT2D eigenvalue weighted by Gasteiger charge is -2.11. The van der Waals surface area contributed by atoms with Gasteiger partial charge in [0, 0.05) is 22.6 Å². The monoisotopic (exact) mass is 316 g/mol. The van der Waals surface area contributed by atoms with Gasteiger partial charge < -0.3 is 10.1 Å². The first-order valence-corrected chi connectivity index (χ1v) is 5.99. The Morgan fingerprint density at radius 1 is 1.61 bits per heavy atom. The van der Waals surface area contributed by atoms with Gasteiger partial charge in [-0.2, -0.15) is 0 Å². The average Bonchev–Trinajstić information content (AvgIpc) is 2.35. The quantitative estimate of drug-likeness (QED) is 0.510. The van der Waals surface area contributed by atoms with Crippen molar-refractivity contribution in [2.75, 3.05) is 7.11 Å². The molecule has 1 atom stereocenters. The van der Waals surface area contributed by atoms with Crippen molar-refractivity contribution < 1.29 is 14.5 Å². The van der Waals surface area contributed by atoms with Crippen LogP contribution < -0.4 is 5.32 Å². The van der Waals surface area contributed by atoms with Gasteiger partial charge in [0.25, 0.3) is 5.69 Å². The molecule has 0 aliphatic carbocycles. The first kappa shape index (κ1) is 14.6. The number of esters is 1. The smallest absolute Gasteiger partial charge is 0.322 e. The number of nitro groups is 1. The highest BCUT2D eigenvalue weighted by Gasteiger charge is 2.17. The number of halogens is 1. The maximum absolute atomic E-state index is 11.2. The highest BCUT2D eigenvalue weighted by molar-refractivity contribution is 9.10. The number of ether oxygens (including phenoxy) is 1. The van der Waals surface area contributed by atoms with Gasteiger partial charge in [0.15, 0.2) is 0 Å². The minimum absolute atomic E-state index is 0.00828. The number of methoxy groups -OCH3 is 1. The van der Waals surface area contributed by atoms with E-state index in [0.29, 0.717) is 10.0 Å². The maximum atomic E-state index is 11.2. The molecule has 1 aromatic rings. The summed E-state index contributed by atoms with van der Waals surface area (Å²) in [6.45, 7) is 1.86. The van der Waals surface area contributed by atoms with E-state index in [1.165, 1.54) is 13.2 Å². The van der Waals surface area contributed by atoms with E-state index in [1.54, 1.807) is 19.1 Å². The Bertz CT molecular complexity index is 464. The second kappa shape index (κ2) is 6.46. The number of carbonyl (C=O) groups is 1. The number of nitrogens with zero attached hydrogens (tertiary/aromatic N) is 1. The summed E-state index contributed by atoms with van der Waals surface area (Å²) in [5, 5.41) is 13.7. The fourth-order valence-corrected chi connectivity index (χ4v) is 1.73. The van der Waals surface area contributed by atoms with Crippen molar-refractivity contribution in [2.45, 2.75) is 19.5 Å². The van der Waals surface area contributed by atoms with Crippen LogP contribution in [0.3, 0.4) is 0 Å². The minimum atomic E-state index is -0.516. The van der Waals surface area contributed by atoms with Gasteiger partial charge in [-0.25, -0.2) is 0 Å².